The molecule has 0 aliphatic heterocycles. The van der Waals surface area contributed by atoms with Crippen LogP contribution in [0.5, 0.6) is 17.2 Å². The fourth-order valence-electron chi connectivity index (χ4n) is 2.83. The molecule has 1 aromatic heterocycles. The number of hydrogen-bond donors (Lipinski definition) is 0. The van der Waals surface area contributed by atoms with Gasteiger partial charge in [0.25, 0.3) is 0 Å². The van der Waals surface area contributed by atoms with Gasteiger partial charge >= 0.3 is 5.97 Å². The number of rotatable bonds is 4. The molecule has 4 aromatic rings. The van der Waals surface area contributed by atoms with E-state index in [2.05, 4.69) is 0 Å². The average molecular weight is 407 g/mol. The summed E-state index contributed by atoms with van der Waals surface area (Å²) in [5, 5.41) is 0.677. The van der Waals surface area contributed by atoms with Crippen molar-refractivity contribution >= 4 is 28.5 Å². The molecule has 4 rings (SSSR count). The standard InChI is InChI=1S/C23H15ClO5/c1-14-6-2-3-7-16(14)23(26)28-15-10-11-17-20(12-15)27-13-21(22(17)25)29-19-9-5-4-8-18(19)24/h2-13H,1H3. The molecule has 0 spiro atoms. The van der Waals surface area contributed by atoms with Crippen LogP contribution >= 0.6 is 11.6 Å². The van der Waals surface area contributed by atoms with Gasteiger partial charge in [-0.3, -0.25) is 4.79 Å². The van der Waals surface area contributed by atoms with Gasteiger partial charge in [-0.25, -0.2) is 4.79 Å². The first-order valence-corrected chi connectivity index (χ1v) is 9.16. The van der Waals surface area contributed by atoms with E-state index in [9.17, 15) is 9.59 Å². The van der Waals surface area contributed by atoms with Gasteiger partial charge in [-0.2, -0.15) is 0 Å². The summed E-state index contributed by atoms with van der Waals surface area (Å²) in [6, 6.07) is 18.5. The second kappa shape index (κ2) is 7.81. The molecule has 0 radical (unpaired) electrons. The zero-order valence-corrected chi connectivity index (χ0v) is 16.1. The average Bonchev–Trinajstić information content (AvgIpc) is 2.72. The van der Waals surface area contributed by atoms with Crippen molar-refractivity contribution in [2.24, 2.45) is 0 Å². The Morgan fingerprint density at radius 1 is 0.966 bits per heavy atom. The highest BCUT2D eigenvalue weighted by Crippen LogP contribution is 2.29. The number of halogens is 1. The van der Waals surface area contributed by atoms with E-state index in [0.29, 0.717) is 21.7 Å². The van der Waals surface area contributed by atoms with E-state index in [-0.39, 0.29) is 22.5 Å². The summed E-state index contributed by atoms with van der Waals surface area (Å²) in [5.74, 6) is 0.150. The Morgan fingerprint density at radius 2 is 1.72 bits per heavy atom. The first-order valence-electron chi connectivity index (χ1n) is 8.78. The van der Waals surface area contributed by atoms with Gasteiger partial charge in [0, 0.05) is 6.07 Å². The highest BCUT2D eigenvalue weighted by Gasteiger charge is 2.14. The molecule has 5 nitrogen and oxygen atoms in total. The smallest absolute Gasteiger partial charge is 0.343 e. The third-order valence-corrected chi connectivity index (χ3v) is 4.66. The summed E-state index contributed by atoms with van der Waals surface area (Å²) in [6.07, 6.45) is 1.21. The van der Waals surface area contributed by atoms with Crippen LogP contribution in [0, 0.1) is 6.92 Å². The Balaban J connectivity index is 1.62. The Kier molecular flexibility index (Phi) is 5.06. The van der Waals surface area contributed by atoms with Gasteiger partial charge in [0.05, 0.1) is 16.0 Å². The molecule has 6 heteroatoms. The molecule has 3 aromatic carbocycles. The van der Waals surface area contributed by atoms with Crippen molar-refractivity contribution in [2.75, 3.05) is 0 Å². The van der Waals surface area contributed by atoms with Gasteiger partial charge in [-0.05, 0) is 42.8 Å². The summed E-state index contributed by atoms with van der Waals surface area (Å²) in [4.78, 5) is 25.1. The van der Waals surface area contributed by atoms with Gasteiger partial charge in [0.15, 0.2) is 0 Å². The molecular formula is C23H15ClO5. The van der Waals surface area contributed by atoms with Gasteiger partial charge in [-0.1, -0.05) is 41.9 Å². The van der Waals surface area contributed by atoms with E-state index in [4.69, 9.17) is 25.5 Å². The number of hydrogen-bond acceptors (Lipinski definition) is 5. The van der Waals surface area contributed by atoms with Gasteiger partial charge < -0.3 is 13.9 Å². The van der Waals surface area contributed by atoms with Crippen molar-refractivity contribution in [3.05, 3.63) is 99.4 Å². The predicted molar refractivity (Wildman–Crippen MR) is 110 cm³/mol. The van der Waals surface area contributed by atoms with Crippen LogP contribution in [0.2, 0.25) is 5.02 Å². The first-order chi connectivity index (χ1) is 14.0. The molecule has 0 saturated heterocycles. The SMILES string of the molecule is Cc1ccccc1C(=O)Oc1ccc2c(=O)c(Oc3ccccc3Cl)coc2c1. The molecule has 0 bridgehead atoms. The number of aryl methyl sites for hydroxylation is 1. The third kappa shape index (κ3) is 3.86. The molecule has 0 amide bonds. The molecule has 0 aliphatic rings. The van der Waals surface area contributed by atoms with E-state index in [1.807, 2.05) is 19.1 Å². The van der Waals surface area contributed by atoms with Crippen LogP contribution in [0.1, 0.15) is 15.9 Å². The number of esters is 1. The van der Waals surface area contributed by atoms with Crippen LogP contribution in [0.15, 0.2) is 82.2 Å². The lowest BCUT2D eigenvalue weighted by molar-refractivity contribution is 0.0734. The summed E-state index contributed by atoms with van der Waals surface area (Å²) >= 11 is 6.07. The topological polar surface area (TPSA) is 65.7 Å². The number of para-hydroxylation sites is 1. The summed E-state index contributed by atoms with van der Waals surface area (Å²) in [6.45, 7) is 1.83. The zero-order chi connectivity index (χ0) is 20.4. The quantitative estimate of drug-likeness (QED) is 0.318. The van der Waals surface area contributed by atoms with Crippen molar-refractivity contribution < 1.29 is 18.7 Å². The van der Waals surface area contributed by atoms with Gasteiger partial charge in [0.1, 0.15) is 23.3 Å². The van der Waals surface area contributed by atoms with E-state index < -0.39 is 5.97 Å². The predicted octanol–water partition coefficient (Wildman–Crippen LogP) is 5.77. The highest BCUT2D eigenvalue weighted by atomic mass is 35.5. The molecule has 29 heavy (non-hydrogen) atoms. The molecular weight excluding hydrogens is 392 g/mol. The van der Waals surface area contributed by atoms with Gasteiger partial charge in [0.2, 0.25) is 11.2 Å². The van der Waals surface area contributed by atoms with Crippen LogP contribution in [0.4, 0.5) is 0 Å². The Morgan fingerprint density at radius 3 is 2.52 bits per heavy atom. The molecule has 144 valence electrons. The van der Waals surface area contributed by atoms with E-state index >= 15 is 0 Å². The number of fused-ring (bicyclic) bond motifs is 1. The molecule has 0 N–H and O–H groups in total. The van der Waals surface area contributed by atoms with Crippen molar-refractivity contribution in [1.29, 1.82) is 0 Å². The van der Waals surface area contributed by atoms with E-state index in [1.165, 1.54) is 24.5 Å². The largest absolute Gasteiger partial charge is 0.460 e. The molecule has 0 atom stereocenters. The fraction of sp³-hybridized carbons (Fsp3) is 0.0435. The number of ether oxygens (including phenoxy) is 2. The highest BCUT2D eigenvalue weighted by molar-refractivity contribution is 6.32. The van der Waals surface area contributed by atoms with Crippen LogP contribution < -0.4 is 14.9 Å². The summed E-state index contributed by atoms with van der Waals surface area (Å²) < 4.78 is 16.5. The minimum absolute atomic E-state index is 0.00950. The maximum atomic E-state index is 12.7. The Hall–Kier alpha value is -3.57. The number of carbonyl (C=O) groups is 1. The molecule has 0 saturated carbocycles. The maximum Gasteiger partial charge on any atom is 0.343 e. The van der Waals surface area contributed by atoms with Crippen LogP contribution in [0.25, 0.3) is 11.0 Å². The lowest BCUT2D eigenvalue weighted by atomic mass is 10.1. The summed E-state index contributed by atoms with van der Waals surface area (Å²) in [7, 11) is 0. The van der Waals surface area contributed by atoms with E-state index in [0.717, 1.165) is 5.56 Å². The second-order valence-electron chi connectivity index (χ2n) is 6.32. The van der Waals surface area contributed by atoms with Crippen LogP contribution in [-0.2, 0) is 0 Å². The van der Waals surface area contributed by atoms with Crippen molar-refractivity contribution in [3.63, 3.8) is 0 Å². The lowest BCUT2D eigenvalue weighted by Crippen LogP contribution is -2.10. The minimum Gasteiger partial charge on any atom is -0.460 e. The molecule has 0 unspecified atom stereocenters. The van der Waals surface area contributed by atoms with Crippen molar-refractivity contribution in [2.45, 2.75) is 6.92 Å². The normalized spacial score (nSPS) is 10.7. The molecule has 0 aliphatic carbocycles. The number of benzene rings is 3. The van der Waals surface area contributed by atoms with Crippen molar-refractivity contribution in [1.82, 2.24) is 0 Å². The van der Waals surface area contributed by atoms with Crippen LogP contribution in [-0.4, -0.2) is 5.97 Å². The zero-order valence-electron chi connectivity index (χ0n) is 15.3. The monoisotopic (exact) mass is 406 g/mol. The summed E-state index contributed by atoms with van der Waals surface area (Å²) in [5.41, 5.74) is 1.20. The molecule has 0 fully saturated rings. The number of carbonyl (C=O) groups excluding carboxylic acids is 1. The minimum atomic E-state index is -0.483. The first kappa shape index (κ1) is 18.8. The Labute approximate surface area is 171 Å². The Bertz CT molecular complexity index is 1280. The molecule has 1 heterocycles. The lowest BCUT2D eigenvalue weighted by Gasteiger charge is -2.09. The third-order valence-electron chi connectivity index (χ3n) is 4.35. The maximum absolute atomic E-state index is 12.7. The van der Waals surface area contributed by atoms with Gasteiger partial charge in [-0.15, -0.1) is 0 Å². The van der Waals surface area contributed by atoms with E-state index in [1.54, 1.807) is 36.4 Å². The van der Waals surface area contributed by atoms with Crippen LogP contribution in [0.3, 0.4) is 0 Å². The fourth-order valence-corrected chi connectivity index (χ4v) is 3.01. The second-order valence-corrected chi connectivity index (χ2v) is 6.73. The van der Waals surface area contributed by atoms with Crippen molar-refractivity contribution in [3.8, 4) is 17.2 Å².